The first-order chi connectivity index (χ1) is 14.6. The molecule has 2 aliphatic heterocycles. The van der Waals surface area contributed by atoms with Crippen molar-refractivity contribution in [2.45, 2.75) is 50.5 Å². The van der Waals surface area contributed by atoms with E-state index in [2.05, 4.69) is 52.5 Å². The number of nitrogens with zero attached hydrogens (tertiary/aromatic N) is 2. The number of amides is 1. The Bertz CT molecular complexity index is 933. The SMILES string of the molecule is C[C@@H]1CCN(C(=O)C2CNC[C@]23CCCc2ncc(Cl)cc23)[C@H](c2ccccc2)C1. The third kappa shape index (κ3) is 3.34. The lowest BCUT2D eigenvalue weighted by Crippen LogP contribution is -2.50. The molecule has 4 nitrogen and oxygen atoms in total. The van der Waals surface area contributed by atoms with Crippen LogP contribution in [-0.2, 0) is 16.6 Å². The third-order valence-corrected chi connectivity index (χ3v) is 7.80. The number of halogens is 1. The maximum absolute atomic E-state index is 14.1. The molecule has 30 heavy (non-hydrogen) atoms. The number of nitrogens with one attached hydrogen (secondary N) is 1. The van der Waals surface area contributed by atoms with Crippen molar-refractivity contribution in [1.29, 1.82) is 0 Å². The molecule has 1 amide bonds. The van der Waals surface area contributed by atoms with E-state index in [1.54, 1.807) is 6.20 Å². The van der Waals surface area contributed by atoms with Gasteiger partial charge in [-0.05, 0) is 55.2 Å². The molecular formula is C25H30ClN3O. The number of hydrogen-bond donors (Lipinski definition) is 1. The molecule has 5 heteroatoms. The maximum atomic E-state index is 14.1. The Hall–Kier alpha value is -1.91. The summed E-state index contributed by atoms with van der Waals surface area (Å²) in [6, 6.07) is 12.8. The number of carbonyl (C=O) groups excluding carboxylic acids is 1. The first-order valence-electron chi connectivity index (χ1n) is 11.3. The number of aromatic nitrogens is 1. The molecule has 0 radical (unpaired) electrons. The highest BCUT2D eigenvalue weighted by Gasteiger charge is 2.52. The number of carbonyl (C=O) groups is 1. The van der Waals surface area contributed by atoms with Gasteiger partial charge in [-0.25, -0.2) is 0 Å². The summed E-state index contributed by atoms with van der Waals surface area (Å²) in [6.07, 6.45) is 6.93. The minimum absolute atomic E-state index is 0.0589. The zero-order chi connectivity index (χ0) is 20.7. The van der Waals surface area contributed by atoms with E-state index >= 15 is 0 Å². The van der Waals surface area contributed by atoms with Crippen LogP contribution in [0.25, 0.3) is 0 Å². The maximum Gasteiger partial charge on any atom is 0.228 e. The standard InChI is InChI=1S/C25H30ClN3O/c1-17-9-11-29(23(12-17)18-6-3-2-4-7-18)24(30)21-15-27-16-25(21)10-5-8-22-20(25)13-19(26)14-28-22/h2-4,6-7,13-14,17,21,23,27H,5,8-12,15-16H2,1H3/t17-,21?,23+,25+/m1/s1. The molecule has 1 aromatic heterocycles. The van der Waals surface area contributed by atoms with Gasteiger partial charge in [0.15, 0.2) is 0 Å². The highest BCUT2D eigenvalue weighted by atomic mass is 35.5. The average Bonchev–Trinajstić information content (AvgIpc) is 3.18. The van der Waals surface area contributed by atoms with Crippen molar-refractivity contribution in [1.82, 2.24) is 15.2 Å². The van der Waals surface area contributed by atoms with Gasteiger partial charge in [0.05, 0.1) is 17.0 Å². The van der Waals surface area contributed by atoms with Gasteiger partial charge in [0.25, 0.3) is 0 Å². The van der Waals surface area contributed by atoms with Crippen LogP contribution < -0.4 is 5.32 Å². The van der Waals surface area contributed by atoms with Crippen LogP contribution in [-0.4, -0.2) is 35.4 Å². The average molecular weight is 424 g/mol. The summed E-state index contributed by atoms with van der Waals surface area (Å²) in [5.41, 5.74) is 3.39. The van der Waals surface area contributed by atoms with Crippen LogP contribution in [0.5, 0.6) is 0 Å². The van der Waals surface area contributed by atoms with Crippen LogP contribution in [0.2, 0.25) is 5.02 Å². The Labute approximate surface area is 184 Å². The highest BCUT2D eigenvalue weighted by molar-refractivity contribution is 6.30. The molecule has 1 unspecified atom stereocenters. The third-order valence-electron chi connectivity index (χ3n) is 7.60. The number of piperidine rings is 1. The van der Waals surface area contributed by atoms with Crippen LogP contribution in [0.15, 0.2) is 42.6 Å². The summed E-state index contributed by atoms with van der Waals surface area (Å²) in [6.45, 7) is 4.71. The minimum Gasteiger partial charge on any atom is -0.335 e. The Morgan fingerprint density at radius 2 is 2.13 bits per heavy atom. The molecular weight excluding hydrogens is 394 g/mol. The van der Waals surface area contributed by atoms with E-state index in [0.717, 1.165) is 57.4 Å². The van der Waals surface area contributed by atoms with Gasteiger partial charge in [-0.15, -0.1) is 0 Å². The number of rotatable bonds is 2. The van der Waals surface area contributed by atoms with Gasteiger partial charge >= 0.3 is 0 Å². The fourth-order valence-corrected chi connectivity index (χ4v) is 6.19. The fraction of sp³-hybridized carbons (Fsp3) is 0.520. The van der Waals surface area contributed by atoms with Crippen LogP contribution >= 0.6 is 11.6 Å². The zero-order valence-corrected chi connectivity index (χ0v) is 18.4. The number of likely N-dealkylation sites (tertiary alicyclic amines) is 1. The molecule has 1 N–H and O–H groups in total. The summed E-state index contributed by atoms with van der Waals surface area (Å²) >= 11 is 6.36. The van der Waals surface area contributed by atoms with Gasteiger partial charge < -0.3 is 10.2 Å². The van der Waals surface area contributed by atoms with Crippen molar-refractivity contribution in [3.8, 4) is 0 Å². The Kier molecular flexibility index (Phi) is 5.32. The van der Waals surface area contributed by atoms with E-state index < -0.39 is 0 Å². The zero-order valence-electron chi connectivity index (χ0n) is 17.6. The number of hydrogen-bond acceptors (Lipinski definition) is 3. The minimum atomic E-state index is -0.188. The largest absolute Gasteiger partial charge is 0.335 e. The second kappa shape index (κ2) is 7.97. The summed E-state index contributed by atoms with van der Waals surface area (Å²) in [5, 5.41) is 4.23. The molecule has 2 saturated heterocycles. The molecule has 1 aliphatic carbocycles. The molecule has 3 heterocycles. The predicted molar refractivity (Wildman–Crippen MR) is 120 cm³/mol. The molecule has 0 saturated carbocycles. The molecule has 5 rings (SSSR count). The van der Waals surface area contributed by atoms with Crippen molar-refractivity contribution in [3.63, 3.8) is 0 Å². The summed E-state index contributed by atoms with van der Waals surface area (Å²) in [7, 11) is 0. The molecule has 2 fully saturated rings. The Morgan fingerprint density at radius 3 is 2.97 bits per heavy atom. The fourth-order valence-electron chi connectivity index (χ4n) is 6.03. The lowest BCUT2D eigenvalue weighted by Gasteiger charge is -2.44. The van der Waals surface area contributed by atoms with Gasteiger partial charge in [0.1, 0.15) is 0 Å². The molecule has 3 aliphatic rings. The summed E-state index contributed by atoms with van der Waals surface area (Å²) < 4.78 is 0. The quantitative estimate of drug-likeness (QED) is 0.771. The number of aryl methyl sites for hydroxylation is 1. The van der Waals surface area contributed by atoms with Gasteiger partial charge in [-0.3, -0.25) is 9.78 Å². The van der Waals surface area contributed by atoms with E-state index in [-0.39, 0.29) is 17.4 Å². The van der Waals surface area contributed by atoms with Crippen molar-refractivity contribution in [3.05, 3.63) is 64.4 Å². The second-order valence-electron chi connectivity index (χ2n) is 9.43. The highest BCUT2D eigenvalue weighted by Crippen LogP contribution is 2.47. The van der Waals surface area contributed by atoms with E-state index in [9.17, 15) is 4.79 Å². The molecule has 2 aromatic rings. The monoisotopic (exact) mass is 423 g/mol. The topological polar surface area (TPSA) is 45.2 Å². The lowest BCUT2D eigenvalue weighted by molar-refractivity contribution is -0.141. The van der Waals surface area contributed by atoms with Crippen LogP contribution in [0, 0.1) is 11.8 Å². The first-order valence-corrected chi connectivity index (χ1v) is 11.7. The van der Waals surface area contributed by atoms with Crippen LogP contribution in [0.1, 0.15) is 55.5 Å². The molecule has 158 valence electrons. The van der Waals surface area contributed by atoms with Crippen LogP contribution in [0.3, 0.4) is 0 Å². The van der Waals surface area contributed by atoms with E-state index in [1.165, 1.54) is 11.1 Å². The van der Waals surface area contributed by atoms with Gasteiger partial charge in [-0.2, -0.15) is 0 Å². The van der Waals surface area contributed by atoms with Crippen molar-refractivity contribution >= 4 is 17.5 Å². The summed E-state index contributed by atoms with van der Waals surface area (Å²) in [5.74, 6) is 0.873. The number of fused-ring (bicyclic) bond motifs is 2. The van der Waals surface area contributed by atoms with Crippen LogP contribution in [0.4, 0.5) is 0 Å². The van der Waals surface area contributed by atoms with Gasteiger partial charge in [-0.1, -0.05) is 48.9 Å². The molecule has 0 bridgehead atoms. The molecule has 1 spiro atoms. The number of pyridine rings is 1. The van der Waals surface area contributed by atoms with Gasteiger partial charge in [0, 0.05) is 36.9 Å². The van der Waals surface area contributed by atoms with E-state index in [1.807, 2.05) is 6.07 Å². The Balaban J connectivity index is 1.51. The van der Waals surface area contributed by atoms with Gasteiger partial charge in [0.2, 0.25) is 5.91 Å². The normalized spacial score (nSPS) is 31.0. The Morgan fingerprint density at radius 1 is 1.30 bits per heavy atom. The summed E-state index contributed by atoms with van der Waals surface area (Å²) in [4.78, 5) is 20.9. The van der Waals surface area contributed by atoms with E-state index in [0.29, 0.717) is 16.8 Å². The van der Waals surface area contributed by atoms with Crippen molar-refractivity contribution in [2.24, 2.45) is 11.8 Å². The lowest BCUT2D eigenvalue weighted by atomic mass is 9.65. The van der Waals surface area contributed by atoms with E-state index in [4.69, 9.17) is 11.6 Å². The first kappa shape index (κ1) is 20.0. The van der Waals surface area contributed by atoms with Crippen molar-refractivity contribution in [2.75, 3.05) is 19.6 Å². The number of benzene rings is 1. The van der Waals surface area contributed by atoms with Crippen molar-refractivity contribution < 1.29 is 4.79 Å². The second-order valence-corrected chi connectivity index (χ2v) is 9.87. The molecule has 4 atom stereocenters. The molecule has 1 aromatic carbocycles. The smallest absolute Gasteiger partial charge is 0.228 e. The predicted octanol–water partition coefficient (Wildman–Crippen LogP) is 4.53.